The monoisotopic (exact) mass is 740 g/mol. The highest BCUT2D eigenvalue weighted by atomic mass is 16.5. The minimum Gasteiger partial charge on any atom is -0.481 e. The molecule has 1 unspecified atom stereocenters. The van der Waals surface area contributed by atoms with E-state index in [-0.39, 0.29) is 39.2 Å². The highest BCUT2D eigenvalue weighted by Gasteiger charge is 2.40. The van der Waals surface area contributed by atoms with E-state index in [9.17, 15) is 24.0 Å². The highest BCUT2D eigenvalue weighted by molar-refractivity contribution is 5.92. The van der Waals surface area contributed by atoms with Crippen LogP contribution < -0.4 is 21.3 Å². The summed E-state index contributed by atoms with van der Waals surface area (Å²) in [4.78, 5) is 64.2. The molecule has 0 aromatic carbocycles. The van der Waals surface area contributed by atoms with Crippen molar-refractivity contribution in [3.63, 3.8) is 0 Å². The van der Waals surface area contributed by atoms with Crippen molar-refractivity contribution in [1.29, 1.82) is 0 Å². The number of carboxylic acids is 1. The summed E-state index contributed by atoms with van der Waals surface area (Å²) >= 11 is 0. The van der Waals surface area contributed by atoms with Crippen LogP contribution in [0.3, 0.4) is 0 Å². The van der Waals surface area contributed by atoms with Crippen LogP contribution in [0.4, 0.5) is 0 Å². The van der Waals surface area contributed by atoms with E-state index in [0.29, 0.717) is 38.8 Å². The number of Topliss-reactive ketones (excluding diaryl/α,β-unsaturated/α-hetero) is 1. The molecule has 0 saturated carbocycles. The quantitative estimate of drug-likeness (QED) is 0.115. The fourth-order valence-corrected chi connectivity index (χ4v) is 5.81. The minimum absolute atomic E-state index is 0.0166. The lowest BCUT2D eigenvalue weighted by Crippen LogP contribution is -2.60. The number of amides is 3. The Balaban J connectivity index is 3.45. The van der Waals surface area contributed by atoms with E-state index in [1.807, 2.05) is 0 Å². The number of rotatable bonds is 16. The van der Waals surface area contributed by atoms with E-state index >= 15 is 0 Å². The molecule has 3 amide bonds. The van der Waals surface area contributed by atoms with Crippen LogP contribution in [0, 0.1) is 35.5 Å². The molecule has 296 valence electrons. The number of nitrogens with one attached hydrogen (secondary N) is 4. The summed E-state index contributed by atoms with van der Waals surface area (Å²) in [7, 11) is 0. The van der Waals surface area contributed by atoms with Gasteiger partial charge in [0.2, 0.25) is 17.7 Å². The molecule has 0 fully saturated rings. The number of hydrogen-bond donors (Lipinski definition) is 5. The maximum absolute atomic E-state index is 13.9. The van der Waals surface area contributed by atoms with Gasteiger partial charge in [-0.25, -0.2) is 0 Å². The molecule has 0 aliphatic carbocycles. The van der Waals surface area contributed by atoms with Crippen molar-refractivity contribution in [3.8, 4) is 24.7 Å². The predicted molar refractivity (Wildman–Crippen MR) is 206 cm³/mol. The van der Waals surface area contributed by atoms with Crippen molar-refractivity contribution in [1.82, 2.24) is 21.3 Å². The second-order valence-corrected chi connectivity index (χ2v) is 14.3. The van der Waals surface area contributed by atoms with Crippen LogP contribution >= 0.6 is 0 Å². The molecule has 1 aliphatic heterocycles. The third-order valence-electron chi connectivity index (χ3n) is 9.56. The second-order valence-electron chi connectivity index (χ2n) is 14.3. The molecule has 12 nitrogen and oxygen atoms in total. The SMILES string of the molecule is C#CCCCOC[C@@H]1NC(=O)CNCCC/C(CC)=C\C=C/C(C#C)(CCCC)CCCOC[C@H](C(C)(C)C(=O)N[C@@H](CCC(=O)O)C(C)=O)NC1=O. The van der Waals surface area contributed by atoms with Crippen molar-refractivity contribution in [2.75, 3.05) is 39.5 Å². The Bertz CT molecular complexity index is 1330. The maximum Gasteiger partial charge on any atom is 0.303 e. The molecule has 53 heavy (non-hydrogen) atoms. The summed E-state index contributed by atoms with van der Waals surface area (Å²) in [6.45, 7) is 9.69. The lowest BCUT2D eigenvalue weighted by atomic mass is 9.79. The topological polar surface area (TPSA) is 172 Å². The lowest BCUT2D eigenvalue weighted by Gasteiger charge is -2.35. The van der Waals surface area contributed by atoms with Crippen LogP contribution in [-0.4, -0.2) is 92.2 Å². The maximum atomic E-state index is 13.9. The van der Waals surface area contributed by atoms with Gasteiger partial charge in [-0.3, -0.25) is 24.0 Å². The summed E-state index contributed by atoms with van der Waals surface area (Å²) < 4.78 is 11.9. The van der Waals surface area contributed by atoms with Gasteiger partial charge in [0, 0.05) is 31.5 Å². The fraction of sp³-hybridized carbons (Fsp3) is 0.683. The largest absolute Gasteiger partial charge is 0.481 e. The molecule has 0 aromatic rings. The average molecular weight is 741 g/mol. The molecule has 0 saturated heterocycles. The zero-order chi connectivity index (χ0) is 39.7. The zero-order valence-electron chi connectivity index (χ0n) is 32.7. The first kappa shape index (κ1) is 47.1. The van der Waals surface area contributed by atoms with Gasteiger partial charge in [0.25, 0.3) is 0 Å². The van der Waals surface area contributed by atoms with E-state index < -0.39 is 58.4 Å². The first-order valence-corrected chi connectivity index (χ1v) is 19.0. The van der Waals surface area contributed by atoms with Crippen LogP contribution in [0.5, 0.6) is 0 Å². The van der Waals surface area contributed by atoms with E-state index in [1.54, 1.807) is 13.8 Å². The van der Waals surface area contributed by atoms with Crippen LogP contribution in [0.2, 0.25) is 0 Å². The van der Waals surface area contributed by atoms with Crippen molar-refractivity contribution in [3.05, 3.63) is 23.8 Å². The van der Waals surface area contributed by atoms with E-state index in [4.69, 9.17) is 27.4 Å². The summed E-state index contributed by atoms with van der Waals surface area (Å²) in [5.41, 5.74) is -0.531. The Hall–Kier alpha value is -3.97. The van der Waals surface area contributed by atoms with Gasteiger partial charge in [-0.05, 0) is 78.7 Å². The number of allylic oxidation sites excluding steroid dienone is 4. The normalized spacial score (nSPS) is 23.6. The molecule has 1 heterocycles. The van der Waals surface area contributed by atoms with E-state index in [1.165, 1.54) is 12.5 Å². The van der Waals surface area contributed by atoms with Gasteiger partial charge >= 0.3 is 5.97 Å². The van der Waals surface area contributed by atoms with Crippen LogP contribution in [0.25, 0.3) is 0 Å². The number of aliphatic carboxylic acids is 1. The summed E-state index contributed by atoms with van der Waals surface area (Å²) in [6.07, 6.45) is 25.1. The van der Waals surface area contributed by atoms with Gasteiger partial charge in [-0.2, -0.15) is 0 Å². The van der Waals surface area contributed by atoms with Gasteiger partial charge in [0.1, 0.15) is 6.04 Å². The zero-order valence-corrected chi connectivity index (χ0v) is 32.7. The number of carboxylic acid groups (broad SMARTS) is 1. The fourth-order valence-electron chi connectivity index (χ4n) is 5.81. The molecule has 4 atom stereocenters. The summed E-state index contributed by atoms with van der Waals surface area (Å²) in [5, 5.41) is 20.7. The van der Waals surface area contributed by atoms with Crippen LogP contribution in [-0.2, 0) is 33.4 Å². The minimum atomic E-state index is -1.35. The molecule has 1 aliphatic rings. The van der Waals surface area contributed by atoms with Crippen LogP contribution in [0.1, 0.15) is 112 Å². The van der Waals surface area contributed by atoms with Gasteiger partial charge in [-0.15, -0.1) is 18.8 Å². The number of carbonyl (C=O) groups is 5. The molecule has 0 radical (unpaired) electrons. The number of ether oxygens (including phenoxy) is 2. The Morgan fingerprint density at radius 2 is 1.92 bits per heavy atom. The summed E-state index contributed by atoms with van der Waals surface area (Å²) in [6, 6.07) is -3.05. The second kappa shape index (κ2) is 25.9. The van der Waals surface area contributed by atoms with E-state index in [2.05, 4.69) is 65.2 Å². The molecule has 5 N–H and O–H groups in total. The van der Waals surface area contributed by atoms with Crippen molar-refractivity contribution >= 4 is 29.5 Å². The van der Waals surface area contributed by atoms with Crippen molar-refractivity contribution in [2.45, 2.75) is 130 Å². The predicted octanol–water partition coefficient (Wildman–Crippen LogP) is 4.23. The average Bonchev–Trinajstić information content (AvgIpc) is 3.12. The molecule has 0 spiro atoms. The molecule has 1 rings (SSSR count). The molecule has 0 aromatic heterocycles. The molecular weight excluding hydrogens is 676 g/mol. The number of terminal acetylenes is 2. The summed E-state index contributed by atoms with van der Waals surface area (Å²) in [5.74, 6) is 2.54. The van der Waals surface area contributed by atoms with Crippen molar-refractivity contribution in [2.24, 2.45) is 10.8 Å². The van der Waals surface area contributed by atoms with E-state index in [0.717, 1.165) is 38.5 Å². The Morgan fingerprint density at radius 1 is 1.17 bits per heavy atom. The molecule has 0 bridgehead atoms. The van der Waals surface area contributed by atoms with Gasteiger partial charge in [-0.1, -0.05) is 56.4 Å². The van der Waals surface area contributed by atoms with Crippen molar-refractivity contribution < 1.29 is 38.6 Å². The van der Waals surface area contributed by atoms with Gasteiger partial charge < -0.3 is 35.8 Å². The van der Waals surface area contributed by atoms with Crippen LogP contribution in [0.15, 0.2) is 23.8 Å². The standard InChI is InChI=1S/C41H64N4O8/c1-8-12-14-26-52-29-34-38(50)45-35(40(6,7)39(51)44-33(31(5)46)20-21-37(48)49)30-53-27-17-24-41(11-4,22-13-9-2)23-15-18-32(10-3)19-16-25-42-28-36(47)43-34/h1,4,15,18,23,33-35,42H,9-10,12-14,16-17,19-22,24-30H2,2-3,5-7H3,(H,43,47)(H,44,51)(H,45,50)(H,48,49)/b23-15-,32-18-/t33-,34-,35+,41?/m0/s1. The first-order valence-electron chi connectivity index (χ1n) is 19.0. The Kier molecular flexibility index (Phi) is 23.0. The number of carbonyl (C=O) groups excluding carboxylic acids is 4. The number of ketones is 1. The van der Waals surface area contributed by atoms with Gasteiger partial charge in [0.05, 0.1) is 37.3 Å². The first-order chi connectivity index (χ1) is 25.2. The smallest absolute Gasteiger partial charge is 0.303 e. The lowest BCUT2D eigenvalue weighted by molar-refractivity contribution is -0.140. The number of unbranched alkanes of at least 4 members (excludes halogenated alkanes) is 2. The third-order valence-corrected chi connectivity index (χ3v) is 9.56. The molecule has 12 heteroatoms. The van der Waals surface area contributed by atoms with Gasteiger partial charge in [0.15, 0.2) is 5.78 Å². The molecular formula is C41H64N4O8. The Labute approximate surface area is 317 Å². The Morgan fingerprint density at radius 3 is 2.57 bits per heavy atom. The highest BCUT2D eigenvalue weighted by Crippen LogP contribution is 2.32. The number of hydrogen-bond acceptors (Lipinski definition) is 8. The third kappa shape index (κ3) is 18.6.